The third-order valence-corrected chi connectivity index (χ3v) is 3.29. The Bertz CT molecular complexity index is 567. The van der Waals surface area contributed by atoms with Gasteiger partial charge in [0.05, 0.1) is 11.7 Å². The van der Waals surface area contributed by atoms with E-state index in [1.54, 1.807) is 18.2 Å². The van der Waals surface area contributed by atoms with E-state index in [1.165, 1.54) is 6.07 Å². The predicted molar refractivity (Wildman–Crippen MR) is 72.8 cm³/mol. The molecule has 1 atom stereocenters. The van der Waals surface area contributed by atoms with Gasteiger partial charge in [0.2, 0.25) is 5.91 Å². The standard InChI is InChI=1S/C11H16N4O3S/c12-19(17,18)15-9-4-1-3-8(7-9)14-11(16)10-5-2-6-13-10/h1,3-4,7,10,13,15H,2,5-6H2,(H,14,16)(H2,12,17,18)/t10-/m1/s1. The van der Waals surface area contributed by atoms with Crippen LogP contribution in [-0.4, -0.2) is 26.9 Å². The van der Waals surface area contributed by atoms with Crippen molar-refractivity contribution in [2.45, 2.75) is 18.9 Å². The molecule has 7 nitrogen and oxygen atoms in total. The topological polar surface area (TPSA) is 113 Å². The number of hydrogen-bond donors (Lipinski definition) is 4. The molecule has 19 heavy (non-hydrogen) atoms. The maximum atomic E-state index is 11.9. The quantitative estimate of drug-likeness (QED) is 0.623. The highest BCUT2D eigenvalue weighted by Crippen LogP contribution is 2.16. The van der Waals surface area contributed by atoms with Crippen molar-refractivity contribution in [3.05, 3.63) is 24.3 Å². The molecule has 1 aromatic carbocycles. The number of carbonyl (C=O) groups excluding carboxylic acids is 1. The highest BCUT2D eigenvalue weighted by Gasteiger charge is 2.21. The molecule has 1 aliphatic rings. The maximum Gasteiger partial charge on any atom is 0.296 e. The zero-order chi connectivity index (χ0) is 13.9. The van der Waals surface area contributed by atoms with Crippen LogP contribution in [0.25, 0.3) is 0 Å². The summed E-state index contributed by atoms with van der Waals surface area (Å²) >= 11 is 0. The lowest BCUT2D eigenvalue weighted by Gasteiger charge is -2.12. The lowest BCUT2D eigenvalue weighted by molar-refractivity contribution is -0.117. The summed E-state index contributed by atoms with van der Waals surface area (Å²) in [6.45, 7) is 0.838. The van der Waals surface area contributed by atoms with Crippen molar-refractivity contribution in [1.29, 1.82) is 0 Å². The normalized spacial score (nSPS) is 19.1. The fourth-order valence-electron chi connectivity index (χ4n) is 1.96. The summed E-state index contributed by atoms with van der Waals surface area (Å²) in [5, 5.41) is 10.7. The summed E-state index contributed by atoms with van der Waals surface area (Å²) < 4.78 is 24.0. The highest BCUT2D eigenvalue weighted by atomic mass is 32.2. The number of nitrogens with one attached hydrogen (secondary N) is 3. The molecule has 8 heteroatoms. The third kappa shape index (κ3) is 4.19. The van der Waals surface area contributed by atoms with Gasteiger partial charge in [0.1, 0.15) is 0 Å². The molecule has 0 radical (unpaired) electrons. The van der Waals surface area contributed by atoms with Gasteiger partial charge in [0.15, 0.2) is 0 Å². The Labute approximate surface area is 111 Å². The summed E-state index contributed by atoms with van der Waals surface area (Å²) in [5.41, 5.74) is 0.826. The molecule has 1 saturated heterocycles. The summed E-state index contributed by atoms with van der Waals surface area (Å²) in [7, 11) is -3.81. The first-order valence-electron chi connectivity index (χ1n) is 5.89. The molecule has 1 heterocycles. The minimum absolute atomic E-state index is 0.120. The summed E-state index contributed by atoms with van der Waals surface area (Å²) in [6, 6.07) is 6.19. The van der Waals surface area contributed by atoms with E-state index < -0.39 is 10.2 Å². The van der Waals surface area contributed by atoms with Crippen molar-refractivity contribution in [3.63, 3.8) is 0 Å². The van der Waals surface area contributed by atoms with Crippen molar-refractivity contribution in [3.8, 4) is 0 Å². The Balaban J connectivity index is 2.04. The van der Waals surface area contributed by atoms with Gasteiger partial charge in [0, 0.05) is 5.69 Å². The van der Waals surface area contributed by atoms with Gasteiger partial charge in [0.25, 0.3) is 10.2 Å². The van der Waals surface area contributed by atoms with Gasteiger partial charge in [-0.1, -0.05) is 6.07 Å². The van der Waals surface area contributed by atoms with Crippen molar-refractivity contribution in [2.75, 3.05) is 16.6 Å². The number of amides is 1. The maximum absolute atomic E-state index is 11.9. The molecule has 1 aromatic rings. The number of anilines is 2. The largest absolute Gasteiger partial charge is 0.325 e. The molecular weight excluding hydrogens is 268 g/mol. The Kier molecular flexibility index (Phi) is 4.03. The van der Waals surface area contributed by atoms with Crippen LogP contribution < -0.4 is 20.5 Å². The molecule has 0 unspecified atom stereocenters. The Morgan fingerprint density at radius 1 is 1.37 bits per heavy atom. The van der Waals surface area contributed by atoms with Gasteiger partial charge in [-0.3, -0.25) is 9.52 Å². The van der Waals surface area contributed by atoms with Gasteiger partial charge < -0.3 is 10.6 Å². The van der Waals surface area contributed by atoms with Gasteiger partial charge in [-0.25, -0.2) is 5.14 Å². The van der Waals surface area contributed by atoms with Crippen LogP contribution in [0.4, 0.5) is 11.4 Å². The summed E-state index contributed by atoms with van der Waals surface area (Å²) in [4.78, 5) is 11.9. The Hall–Kier alpha value is -1.64. The first-order chi connectivity index (χ1) is 8.94. The van der Waals surface area contributed by atoms with Crippen LogP contribution in [0, 0.1) is 0 Å². The molecule has 5 N–H and O–H groups in total. The van der Waals surface area contributed by atoms with E-state index >= 15 is 0 Å². The van der Waals surface area contributed by atoms with Gasteiger partial charge >= 0.3 is 0 Å². The van der Waals surface area contributed by atoms with E-state index in [1.807, 2.05) is 0 Å². The second kappa shape index (κ2) is 5.55. The molecule has 0 bridgehead atoms. The number of benzene rings is 1. The zero-order valence-electron chi connectivity index (χ0n) is 10.2. The first kappa shape index (κ1) is 13.8. The molecule has 1 fully saturated rings. The van der Waals surface area contributed by atoms with Crippen LogP contribution in [0.1, 0.15) is 12.8 Å². The monoisotopic (exact) mass is 284 g/mol. The van der Waals surface area contributed by atoms with E-state index in [2.05, 4.69) is 15.4 Å². The molecular formula is C11H16N4O3S. The second-order valence-corrected chi connectivity index (χ2v) is 5.66. The third-order valence-electron chi connectivity index (χ3n) is 2.77. The fourth-order valence-corrected chi connectivity index (χ4v) is 2.42. The zero-order valence-corrected chi connectivity index (χ0v) is 11.0. The summed E-state index contributed by atoms with van der Waals surface area (Å²) in [5.74, 6) is -0.120. The van der Waals surface area contributed by atoms with Gasteiger partial charge in [-0.2, -0.15) is 8.42 Å². The minimum atomic E-state index is -3.81. The Morgan fingerprint density at radius 3 is 2.74 bits per heavy atom. The van der Waals surface area contributed by atoms with Crippen molar-refractivity contribution in [1.82, 2.24) is 5.32 Å². The van der Waals surface area contributed by atoms with Crippen molar-refractivity contribution in [2.24, 2.45) is 5.14 Å². The van der Waals surface area contributed by atoms with E-state index in [-0.39, 0.29) is 11.9 Å². The number of rotatable bonds is 4. The number of nitrogens with two attached hydrogens (primary N) is 1. The van der Waals surface area contributed by atoms with E-state index in [4.69, 9.17) is 5.14 Å². The highest BCUT2D eigenvalue weighted by molar-refractivity contribution is 7.90. The lowest BCUT2D eigenvalue weighted by Crippen LogP contribution is -2.35. The van der Waals surface area contributed by atoms with E-state index in [0.29, 0.717) is 11.4 Å². The molecule has 2 rings (SSSR count). The van der Waals surface area contributed by atoms with Crippen LogP contribution in [0.15, 0.2) is 24.3 Å². The molecule has 1 amide bonds. The number of carbonyl (C=O) groups is 1. The van der Waals surface area contributed by atoms with Crippen molar-refractivity contribution >= 4 is 27.5 Å². The molecule has 0 spiro atoms. The SMILES string of the molecule is NS(=O)(=O)Nc1cccc(NC(=O)[C@H]2CCCN2)c1. The van der Waals surface area contributed by atoms with Gasteiger partial charge in [-0.05, 0) is 37.6 Å². The van der Waals surface area contributed by atoms with E-state index in [9.17, 15) is 13.2 Å². The van der Waals surface area contributed by atoms with Crippen LogP contribution in [0.5, 0.6) is 0 Å². The number of hydrogen-bond acceptors (Lipinski definition) is 4. The molecule has 0 saturated carbocycles. The van der Waals surface area contributed by atoms with Crippen LogP contribution >= 0.6 is 0 Å². The average Bonchev–Trinajstić information content (AvgIpc) is 2.80. The molecule has 0 aliphatic carbocycles. The average molecular weight is 284 g/mol. The van der Waals surface area contributed by atoms with Crippen molar-refractivity contribution < 1.29 is 13.2 Å². The second-order valence-electron chi connectivity index (χ2n) is 4.37. The Morgan fingerprint density at radius 2 is 2.11 bits per heavy atom. The van der Waals surface area contributed by atoms with E-state index in [0.717, 1.165) is 19.4 Å². The molecule has 104 valence electrons. The lowest BCUT2D eigenvalue weighted by atomic mass is 10.2. The van der Waals surface area contributed by atoms with Gasteiger partial charge in [-0.15, -0.1) is 0 Å². The fraction of sp³-hybridized carbons (Fsp3) is 0.364. The minimum Gasteiger partial charge on any atom is -0.325 e. The molecule has 1 aliphatic heterocycles. The summed E-state index contributed by atoms with van der Waals surface area (Å²) in [6.07, 6.45) is 1.78. The van der Waals surface area contributed by atoms with Crippen LogP contribution in [0.2, 0.25) is 0 Å². The first-order valence-corrected chi connectivity index (χ1v) is 7.43. The molecule has 0 aromatic heterocycles. The van der Waals surface area contributed by atoms with Crippen LogP contribution in [-0.2, 0) is 15.0 Å². The smallest absolute Gasteiger partial charge is 0.296 e. The predicted octanol–water partition coefficient (Wildman–Crippen LogP) is -0.00750. The van der Waals surface area contributed by atoms with Crippen LogP contribution in [0.3, 0.4) is 0 Å².